The standard InChI is InChI=1S/C14H17NO5/c1-4-5-15-13(17)9-20-14-11(18-2)6-10(8-16)7-12(14)19-3/h1,6-7,16H,5,8-9H2,2-3H3,(H,15,17). The van der Waals surface area contributed by atoms with Crippen LogP contribution in [0.1, 0.15) is 5.56 Å². The molecule has 0 atom stereocenters. The van der Waals surface area contributed by atoms with Gasteiger partial charge >= 0.3 is 0 Å². The molecule has 0 unspecified atom stereocenters. The van der Waals surface area contributed by atoms with Gasteiger partial charge in [-0.25, -0.2) is 0 Å². The number of hydrogen-bond acceptors (Lipinski definition) is 5. The number of nitrogens with one attached hydrogen (secondary N) is 1. The Morgan fingerprint density at radius 3 is 2.40 bits per heavy atom. The highest BCUT2D eigenvalue weighted by Gasteiger charge is 2.15. The molecular formula is C14H17NO5. The summed E-state index contributed by atoms with van der Waals surface area (Å²) >= 11 is 0. The van der Waals surface area contributed by atoms with E-state index in [-0.39, 0.29) is 25.7 Å². The molecule has 1 aromatic rings. The fourth-order valence-electron chi connectivity index (χ4n) is 1.51. The maximum absolute atomic E-state index is 11.4. The first-order valence-electron chi connectivity index (χ1n) is 5.85. The molecule has 0 spiro atoms. The molecule has 0 fully saturated rings. The van der Waals surface area contributed by atoms with Crippen LogP contribution in [-0.2, 0) is 11.4 Å². The van der Waals surface area contributed by atoms with Gasteiger partial charge in [0.05, 0.1) is 27.4 Å². The minimum atomic E-state index is -0.349. The van der Waals surface area contributed by atoms with Crippen LogP contribution >= 0.6 is 0 Å². The topological polar surface area (TPSA) is 77.0 Å². The molecule has 1 amide bonds. The number of carbonyl (C=O) groups is 1. The second-order valence-corrected chi connectivity index (χ2v) is 3.76. The van der Waals surface area contributed by atoms with Crippen LogP contribution in [0.25, 0.3) is 0 Å². The summed E-state index contributed by atoms with van der Waals surface area (Å²) in [6.07, 6.45) is 5.04. The fraction of sp³-hybridized carbons (Fsp3) is 0.357. The molecule has 0 bridgehead atoms. The van der Waals surface area contributed by atoms with E-state index in [0.717, 1.165) is 0 Å². The van der Waals surface area contributed by atoms with E-state index in [2.05, 4.69) is 11.2 Å². The third-order valence-corrected chi connectivity index (χ3v) is 2.44. The third-order valence-electron chi connectivity index (χ3n) is 2.44. The molecule has 2 N–H and O–H groups in total. The van der Waals surface area contributed by atoms with E-state index in [0.29, 0.717) is 22.8 Å². The Bertz CT molecular complexity index is 482. The molecule has 0 aromatic heterocycles. The van der Waals surface area contributed by atoms with Gasteiger partial charge in [0.15, 0.2) is 18.1 Å². The first-order chi connectivity index (χ1) is 9.65. The molecule has 108 valence electrons. The van der Waals surface area contributed by atoms with Gasteiger partial charge in [0.2, 0.25) is 5.75 Å². The molecule has 1 aromatic carbocycles. The molecule has 0 saturated heterocycles. The van der Waals surface area contributed by atoms with E-state index in [4.69, 9.17) is 25.7 Å². The normalized spacial score (nSPS) is 9.50. The van der Waals surface area contributed by atoms with Gasteiger partial charge in [-0.3, -0.25) is 4.79 Å². The zero-order chi connectivity index (χ0) is 15.0. The van der Waals surface area contributed by atoms with Gasteiger partial charge in [-0.05, 0) is 17.7 Å². The molecule has 1 rings (SSSR count). The Labute approximate surface area is 117 Å². The van der Waals surface area contributed by atoms with Crippen LogP contribution in [-0.4, -0.2) is 38.4 Å². The van der Waals surface area contributed by atoms with E-state index in [1.54, 1.807) is 12.1 Å². The van der Waals surface area contributed by atoms with Crippen molar-refractivity contribution in [3.8, 4) is 29.6 Å². The van der Waals surface area contributed by atoms with Crippen molar-refractivity contribution in [2.24, 2.45) is 0 Å². The van der Waals surface area contributed by atoms with E-state index in [1.165, 1.54) is 14.2 Å². The maximum atomic E-state index is 11.4. The van der Waals surface area contributed by atoms with Crippen LogP contribution in [0.15, 0.2) is 12.1 Å². The average molecular weight is 279 g/mol. The summed E-state index contributed by atoms with van der Waals surface area (Å²) in [7, 11) is 2.92. The van der Waals surface area contributed by atoms with Crippen LogP contribution in [0, 0.1) is 12.3 Å². The second kappa shape index (κ2) is 7.92. The van der Waals surface area contributed by atoms with Gasteiger partial charge in [-0.15, -0.1) is 6.42 Å². The van der Waals surface area contributed by atoms with Crippen molar-refractivity contribution < 1.29 is 24.1 Å². The lowest BCUT2D eigenvalue weighted by molar-refractivity contribution is -0.122. The third kappa shape index (κ3) is 4.07. The maximum Gasteiger partial charge on any atom is 0.258 e. The number of aliphatic hydroxyl groups excluding tert-OH is 1. The van der Waals surface area contributed by atoms with Crippen molar-refractivity contribution in [2.45, 2.75) is 6.61 Å². The van der Waals surface area contributed by atoms with Crippen molar-refractivity contribution in [3.05, 3.63) is 17.7 Å². The van der Waals surface area contributed by atoms with E-state index in [9.17, 15) is 4.79 Å². The molecule has 6 heteroatoms. The molecule has 0 aliphatic carbocycles. The summed E-state index contributed by atoms with van der Waals surface area (Å²) in [6, 6.07) is 3.22. The number of rotatable bonds is 7. The Balaban J connectivity index is 2.87. The summed E-state index contributed by atoms with van der Waals surface area (Å²) in [4.78, 5) is 11.4. The van der Waals surface area contributed by atoms with Crippen molar-refractivity contribution in [3.63, 3.8) is 0 Å². The molecule has 0 aliphatic heterocycles. The highest BCUT2D eigenvalue weighted by molar-refractivity contribution is 5.78. The quantitative estimate of drug-likeness (QED) is 0.703. The second-order valence-electron chi connectivity index (χ2n) is 3.76. The highest BCUT2D eigenvalue weighted by atomic mass is 16.5. The van der Waals surface area contributed by atoms with Gasteiger partial charge in [-0.2, -0.15) is 0 Å². The highest BCUT2D eigenvalue weighted by Crippen LogP contribution is 2.38. The first kappa shape index (κ1) is 15.7. The van der Waals surface area contributed by atoms with Crippen LogP contribution in [0.2, 0.25) is 0 Å². The lowest BCUT2D eigenvalue weighted by Gasteiger charge is -2.15. The summed E-state index contributed by atoms with van der Waals surface area (Å²) in [5.41, 5.74) is 0.614. The number of carbonyl (C=O) groups excluding carboxylic acids is 1. The van der Waals surface area contributed by atoms with Gasteiger partial charge in [0.25, 0.3) is 5.91 Å². The van der Waals surface area contributed by atoms with Crippen molar-refractivity contribution >= 4 is 5.91 Å². The monoisotopic (exact) mass is 279 g/mol. The zero-order valence-corrected chi connectivity index (χ0v) is 11.4. The SMILES string of the molecule is C#CCNC(=O)COc1c(OC)cc(CO)cc1OC. The predicted octanol–water partition coefficient (Wildman–Crippen LogP) is 0.324. The fourth-order valence-corrected chi connectivity index (χ4v) is 1.51. The minimum absolute atomic E-state index is 0.139. The summed E-state index contributed by atoms with van der Waals surface area (Å²) in [6.45, 7) is -0.234. The molecular weight excluding hydrogens is 262 g/mol. The van der Waals surface area contributed by atoms with E-state index in [1.807, 2.05) is 0 Å². The Hall–Kier alpha value is -2.39. The number of hydrogen-bond donors (Lipinski definition) is 2. The first-order valence-corrected chi connectivity index (χ1v) is 5.85. The van der Waals surface area contributed by atoms with Crippen LogP contribution in [0.4, 0.5) is 0 Å². The number of aliphatic hydroxyl groups is 1. The molecule has 0 aliphatic rings. The lowest BCUT2D eigenvalue weighted by Crippen LogP contribution is -2.29. The van der Waals surface area contributed by atoms with Crippen molar-refractivity contribution in [2.75, 3.05) is 27.4 Å². The predicted molar refractivity (Wildman–Crippen MR) is 72.8 cm³/mol. The summed E-state index contributed by atoms with van der Waals surface area (Å²) < 4.78 is 15.7. The van der Waals surface area contributed by atoms with Crippen molar-refractivity contribution in [1.29, 1.82) is 0 Å². The lowest BCUT2D eigenvalue weighted by atomic mass is 10.2. The molecule has 0 heterocycles. The minimum Gasteiger partial charge on any atom is -0.493 e. The summed E-state index contributed by atoms with van der Waals surface area (Å²) in [5, 5.41) is 11.6. The summed E-state index contributed by atoms with van der Waals surface area (Å²) in [5.74, 6) is 2.98. The smallest absolute Gasteiger partial charge is 0.258 e. The van der Waals surface area contributed by atoms with Crippen LogP contribution in [0.3, 0.4) is 0 Å². The van der Waals surface area contributed by atoms with Gasteiger partial charge in [0.1, 0.15) is 0 Å². The number of benzene rings is 1. The van der Waals surface area contributed by atoms with Crippen molar-refractivity contribution in [1.82, 2.24) is 5.32 Å². The Kier molecular flexibility index (Phi) is 6.20. The Morgan fingerprint density at radius 2 is 1.95 bits per heavy atom. The number of methoxy groups -OCH3 is 2. The molecule has 6 nitrogen and oxygen atoms in total. The van der Waals surface area contributed by atoms with Crippen LogP contribution in [0.5, 0.6) is 17.2 Å². The molecule has 0 saturated carbocycles. The molecule has 20 heavy (non-hydrogen) atoms. The number of amides is 1. The van der Waals surface area contributed by atoms with E-state index < -0.39 is 0 Å². The number of terminal acetylenes is 1. The van der Waals surface area contributed by atoms with E-state index >= 15 is 0 Å². The van der Waals surface area contributed by atoms with Gasteiger partial charge in [0, 0.05) is 0 Å². The van der Waals surface area contributed by atoms with Gasteiger partial charge < -0.3 is 24.6 Å². The Morgan fingerprint density at radius 1 is 1.35 bits per heavy atom. The van der Waals surface area contributed by atoms with Crippen LogP contribution < -0.4 is 19.5 Å². The zero-order valence-electron chi connectivity index (χ0n) is 11.4. The number of ether oxygens (including phenoxy) is 3. The van der Waals surface area contributed by atoms with Gasteiger partial charge in [-0.1, -0.05) is 5.92 Å². The molecule has 0 radical (unpaired) electrons. The average Bonchev–Trinajstić information content (AvgIpc) is 2.49. The largest absolute Gasteiger partial charge is 0.493 e.